The largest absolute Gasteiger partial charge is 0.340 e. The van der Waals surface area contributed by atoms with E-state index in [1.165, 1.54) is 21.8 Å². The van der Waals surface area contributed by atoms with Crippen molar-refractivity contribution in [2.45, 2.75) is 19.9 Å². The molecule has 92 valence electrons. The fraction of sp³-hybridized carbons (Fsp3) is 0.200. The molecule has 0 amide bonds. The Morgan fingerprint density at radius 3 is 2.50 bits per heavy atom. The number of aromatic nitrogens is 1. The van der Waals surface area contributed by atoms with Gasteiger partial charge in [0.15, 0.2) is 0 Å². The summed E-state index contributed by atoms with van der Waals surface area (Å²) in [6.07, 6.45) is 1.13. The van der Waals surface area contributed by atoms with Crippen molar-refractivity contribution in [3.8, 4) is 0 Å². The molecule has 0 aliphatic carbocycles. The zero-order valence-electron chi connectivity index (χ0n) is 10.1. The van der Waals surface area contributed by atoms with E-state index in [0.29, 0.717) is 0 Å². The van der Waals surface area contributed by atoms with E-state index in [4.69, 9.17) is 0 Å². The molecule has 0 saturated carbocycles. The summed E-state index contributed by atoms with van der Waals surface area (Å²) in [6, 6.07) is 12.8. The van der Waals surface area contributed by atoms with E-state index >= 15 is 0 Å². The van der Waals surface area contributed by atoms with Gasteiger partial charge in [0.2, 0.25) is 0 Å². The highest BCUT2D eigenvalue weighted by Crippen LogP contribution is 2.37. The molecule has 2 aromatic carbocycles. The summed E-state index contributed by atoms with van der Waals surface area (Å²) >= 11 is 7.36. The molecule has 0 bridgehead atoms. The SMILES string of the molecule is CCCn1c2cccc(Br)c2c2cccc(Br)c21. The molecule has 0 aliphatic heterocycles. The van der Waals surface area contributed by atoms with Crippen molar-refractivity contribution in [1.29, 1.82) is 0 Å². The summed E-state index contributed by atoms with van der Waals surface area (Å²) in [5.41, 5.74) is 2.59. The molecule has 0 spiro atoms. The standard InChI is InChI=1S/C15H13Br2N/c1-2-9-18-13-8-4-6-11(16)14(13)10-5-3-7-12(17)15(10)18/h3-8H,2,9H2,1H3. The van der Waals surface area contributed by atoms with Crippen molar-refractivity contribution >= 4 is 53.7 Å². The number of benzene rings is 2. The normalized spacial score (nSPS) is 11.5. The Morgan fingerprint density at radius 2 is 1.72 bits per heavy atom. The number of hydrogen-bond donors (Lipinski definition) is 0. The number of hydrogen-bond acceptors (Lipinski definition) is 0. The molecule has 3 rings (SSSR count). The maximum absolute atomic E-state index is 3.68. The van der Waals surface area contributed by atoms with Gasteiger partial charge in [0, 0.05) is 26.3 Å². The third kappa shape index (κ3) is 1.72. The Hall–Kier alpha value is -0.800. The van der Waals surface area contributed by atoms with Crippen LogP contribution in [0.3, 0.4) is 0 Å². The van der Waals surface area contributed by atoms with Gasteiger partial charge in [-0.15, -0.1) is 0 Å². The van der Waals surface area contributed by atoms with Crippen LogP contribution >= 0.6 is 31.9 Å². The smallest absolute Gasteiger partial charge is 0.0636 e. The summed E-state index contributed by atoms with van der Waals surface area (Å²) in [6.45, 7) is 3.26. The molecule has 1 aromatic heterocycles. The van der Waals surface area contributed by atoms with Crippen molar-refractivity contribution in [2.75, 3.05) is 0 Å². The summed E-state index contributed by atoms with van der Waals surface area (Å²) < 4.78 is 4.73. The molecule has 1 nitrogen and oxygen atoms in total. The average molecular weight is 367 g/mol. The lowest BCUT2D eigenvalue weighted by molar-refractivity contribution is 0.723. The Bertz CT molecular complexity index is 728. The maximum Gasteiger partial charge on any atom is 0.0636 e. The quantitative estimate of drug-likeness (QED) is 0.545. The molecular formula is C15H13Br2N. The Labute approximate surface area is 123 Å². The zero-order chi connectivity index (χ0) is 12.7. The molecule has 1 heterocycles. The van der Waals surface area contributed by atoms with Crippen LogP contribution in [0.4, 0.5) is 0 Å². The number of aryl methyl sites for hydroxylation is 1. The molecule has 0 radical (unpaired) electrons. The Morgan fingerprint density at radius 1 is 1.00 bits per heavy atom. The number of halogens is 2. The number of para-hydroxylation sites is 1. The minimum Gasteiger partial charge on any atom is -0.340 e. The van der Waals surface area contributed by atoms with Crippen molar-refractivity contribution in [1.82, 2.24) is 4.57 Å². The first-order valence-electron chi connectivity index (χ1n) is 6.09. The van der Waals surface area contributed by atoms with Crippen LogP contribution in [0.2, 0.25) is 0 Å². The summed E-state index contributed by atoms with van der Waals surface area (Å²) in [5, 5.41) is 2.61. The third-order valence-electron chi connectivity index (χ3n) is 3.26. The van der Waals surface area contributed by atoms with Crippen LogP contribution in [0.15, 0.2) is 45.3 Å². The van der Waals surface area contributed by atoms with Gasteiger partial charge in [0.05, 0.1) is 11.0 Å². The summed E-state index contributed by atoms with van der Waals surface area (Å²) in [5.74, 6) is 0. The van der Waals surface area contributed by atoms with Gasteiger partial charge in [-0.25, -0.2) is 0 Å². The molecule has 3 heteroatoms. The van der Waals surface area contributed by atoms with Crippen LogP contribution in [0.5, 0.6) is 0 Å². The van der Waals surface area contributed by atoms with Crippen LogP contribution in [0, 0.1) is 0 Å². The molecule has 0 fully saturated rings. The van der Waals surface area contributed by atoms with E-state index in [9.17, 15) is 0 Å². The monoisotopic (exact) mass is 365 g/mol. The van der Waals surface area contributed by atoms with Gasteiger partial charge in [0.1, 0.15) is 0 Å². The first-order valence-corrected chi connectivity index (χ1v) is 7.67. The lowest BCUT2D eigenvalue weighted by Gasteiger charge is -2.06. The second-order valence-electron chi connectivity index (χ2n) is 4.42. The highest BCUT2D eigenvalue weighted by molar-refractivity contribution is 9.11. The number of rotatable bonds is 2. The third-order valence-corrected chi connectivity index (χ3v) is 4.56. The molecule has 0 N–H and O–H groups in total. The van der Waals surface area contributed by atoms with Crippen LogP contribution < -0.4 is 0 Å². The van der Waals surface area contributed by atoms with Gasteiger partial charge in [-0.3, -0.25) is 0 Å². The topological polar surface area (TPSA) is 4.93 Å². The molecule has 0 saturated heterocycles. The van der Waals surface area contributed by atoms with E-state index in [1.807, 2.05) is 0 Å². The van der Waals surface area contributed by atoms with Gasteiger partial charge in [-0.1, -0.05) is 41.1 Å². The predicted molar refractivity (Wildman–Crippen MR) is 85.1 cm³/mol. The van der Waals surface area contributed by atoms with Gasteiger partial charge in [-0.05, 0) is 40.5 Å². The molecule has 18 heavy (non-hydrogen) atoms. The second kappa shape index (κ2) is 4.71. The second-order valence-corrected chi connectivity index (χ2v) is 6.13. The van der Waals surface area contributed by atoms with E-state index in [1.54, 1.807) is 0 Å². The first-order chi connectivity index (χ1) is 8.74. The van der Waals surface area contributed by atoms with Crippen LogP contribution in [0.25, 0.3) is 21.8 Å². The lowest BCUT2D eigenvalue weighted by atomic mass is 10.2. The molecule has 0 unspecified atom stereocenters. The fourth-order valence-electron chi connectivity index (χ4n) is 2.57. The Kier molecular flexibility index (Phi) is 3.20. The Balaban J connectivity index is 2.57. The minimum atomic E-state index is 1.04. The number of nitrogens with zero attached hydrogens (tertiary/aromatic N) is 1. The van der Waals surface area contributed by atoms with E-state index in [0.717, 1.165) is 21.9 Å². The highest BCUT2D eigenvalue weighted by Gasteiger charge is 2.13. The molecule has 0 atom stereocenters. The van der Waals surface area contributed by atoms with E-state index in [-0.39, 0.29) is 0 Å². The number of fused-ring (bicyclic) bond motifs is 3. The predicted octanol–water partition coefficient (Wildman–Crippen LogP) is 5.73. The van der Waals surface area contributed by atoms with Gasteiger partial charge >= 0.3 is 0 Å². The van der Waals surface area contributed by atoms with Gasteiger partial charge in [0.25, 0.3) is 0 Å². The summed E-state index contributed by atoms with van der Waals surface area (Å²) in [7, 11) is 0. The zero-order valence-corrected chi connectivity index (χ0v) is 13.3. The van der Waals surface area contributed by atoms with Crippen LogP contribution in [-0.2, 0) is 6.54 Å². The maximum atomic E-state index is 3.68. The molecular weight excluding hydrogens is 354 g/mol. The van der Waals surface area contributed by atoms with Crippen LogP contribution in [0.1, 0.15) is 13.3 Å². The highest BCUT2D eigenvalue weighted by atomic mass is 79.9. The van der Waals surface area contributed by atoms with Crippen molar-refractivity contribution in [3.05, 3.63) is 45.3 Å². The van der Waals surface area contributed by atoms with E-state index in [2.05, 4.69) is 79.7 Å². The van der Waals surface area contributed by atoms with Crippen molar-refractivity contribution in [3.63, 3.8) is 0 Å². The molecule has 0 aliphatic rings. The van der Waals surface area contributed by atoms with Gasteiger partial charge in [-0.2, -0.15) is 0 Å². The lowest BCUT2D eigenvalue weighted by Crippen LogP contribution is -1.96. The first kappa shape index (κ1) is 12.2. The molecule has 3 aromatic rings. The van der Waals surface area contributed by atoms with E-state index < -0.39 is 0 Å². The summed E-state index contributed by atoms with van der Waals surface area (Å²) in [4.78, 5) is 0. The minimum absolute atomic E-state index is 1.04. The van der Waals surface area contributed by atoms with Crippen molar-refractivity contribution < 1.29 is 0 Å². The van der Waals surface area contributed by atoms with Gasteiger partial charge < -0.3 is 4.57 Å². The average Bonchev–Trinajstić information content (AvgIpc) is 2.67. The van der Waals surface area contributed by atoms with Crippen molar-refractivity contribution in [2.24, 2.45) is 0 Å². The fourth-order valence-corrected chi connectivity index (χ4v) is 3.72. The van der Waals surface area contributed by atoms with Crippen LogP contribution in [-0.4, -0.2) is 4.57 Å².